The molecule has 102 valence electrons. The van der Waals surface area contributed by atoms with Crippen molar-refractivity contribution in [3.63, 3.8) is 0 Å². The largest absolute Gasteiger partial charge is 0.493 e. The van der Waals surface area contributed by atoms with E-state index in [2.05, 4.69) is 6.07 Å². The number of nitriles is 1. The van der Waals surface area contributed by atoms with Gasteiger partial charge in [0.15, 0.2) is 11.5 Å². The summed E-state index contributed by atoms with van der Waals surface area (Å²) in [5.41, 5.74) is 1.86. The average molecular weight is 269 g/mol. The minimum Gasteiger partial charge on any atom is -0.493 e. The molecule has 4 nitrogen and oxygen atoms in total. The van der Waals surface area contributed by atoms with Crippen molar-refractivity contribution in [2.24, 2.45) is 0 Å². The van der Waals surface area contributed by atoms with Crippen LogP contribution < -0.4 is 9.47 Å². The quantitative estimate of drug-likeness (QED) is 0.926. The summed E-state index contributed by atoms with van der Waals surface area (Å²) in [4.78, 5) is 0. The molecule has 0 amide bonds. The highest BCUT2D eigenvalue weighted by atomic mass is 16.5. The molecule has 0 saturated carbocycles. The van der Waals surface area contributed by atoms with Gasteiger partial charge in [-0.1, -0.05) is 18.2 Å². The molecule has 0 heterocycles. The molecule has 0 aromatic heterocycles. The molecule has 2 aromatic rings. The minimum absolute atomic E-state index is 0.516. The van der Waals surface area contributed by atoms with Gasteiger partial charge in [0, 0.05) is 0 Å². The number of nitrogens with zero attached hydrogens (tertiary/aromatic N) is 1. The number of aliphatic hydroxyl groups excluding tert-OH is 1. The van der Waals surface area contributed by atoms with E-state index >= 15 is 0 Å². The van der Waals surface area contributed by atoms with Crippen molar-refractivity contribution in [1.29, 1.82) is 5.26 Å². The van der Waals surface area contributed by atoms with Gasteiger partial charge < -0.3 is 14.6 Å². The topological polar surface area (TPSA) is 62.5 Å². The predicted molar refractivity (Wildman–Crippen MR) is 74.8 cm³/mol. The number of methoxy groups -OCH3 is 2. The Morgan fingerprint density at radius 3 is 2.35 bits per heavy atom. The maximum absolute atomic E-state index is 10.4. The molecule has 0 bridgehead atoms. The third-order valence-electron chi connectivity index (χ3n) is 3.05. The molecule has 0 radical (unpaired) electrons. The first kappa shape index (κ1) is 13.9. The first-order valence-corrected chi connectivity index (χ1v) is 6.09. The molecule has 0 spiro atoms. The highest BCUT2D eigenvalue weighted by Gasteiger charge is 2.14. The Labute approximate surface area is 117 Å². The van der Waals surface area contributed by atoms with Crippen LogP contribution in [-0.4, -0.2) is 19.3 Å². The molecule has 0 fully saturated rings. The van der Waals surface area contributed by atoms with Crippen LogP contribution in [0.4, 0.5) is 0 Å². The van der Waals surface area contributed by atoms with E-state index in [1.54, 1.807) is 56.7 Å². The Hall–Kier alpha value is -2.51. The zero-order valence-corrected chi connectivity index (χ0v) is 11.3. The van der Waals surface area contributed by atoms with E-state index in [-0.39, 0.29) is 0 Å². The molecule has 2 rings (SSSR count). The Bertz CT molecular complexity index is 646. The van der Waals surface area contributed by atoms with Crippen LogP contribution in [0, 0.1) is 11.3 Å². The highest BCUT2D eigenvalue weighted by Crippen LogP contribution is 2.32. The van der Waals surface area contributed by atoms with Gasteiger partial charge in [-0.25, -0.2) is 0 Å². The lowest BCUT2D eigenvalue weighted by Gasteiger charge is -2.14. The fourth-order valence-corrected chi connectivity index (χ4v) is 1.99. The van der Waals surface area contributed by atoms with Gasteiger partial charge in [-0.05, 0) is 35.4 Å². The summed E-state index contributed by atoms with van der Waals surface area (Å²) < 4.78 is 10.4. The Morgan fingerprint density at radius 2 is 1.70 bits per heavy atom. The monoisotopic (exact) mass is 269 g/mol. The Kier molecular flexibility index (Phi) is 4.24. The van der Waals surface area contributed by atoms with Crippen molar-refractivity contribution in [3.8, 4) is 17.6 Å². The van der Waals surface area contributed by atoms with Crippen molar-refractivity contribution >= 4 is 0 Å². The molecule has 4 heteroatoms. The molecule has 0 aliphatic carbocycles. The van der Waals surface area contributed by atoms with Gasteiger partial charge in [0.1, 0.15) is 6.10 Å². The van der Waals surface area contributed by atoms with Crippen molar-refractivity contribution in [2.45, 2.75) is 6.10 Å². The van der Waals surface area contributed by atoms with Gasteiger partial charge in [-0.2, -0.15) is 5.26 Å². The Balaban J connectivity index is 2.37. The van der Waals surface area contributed by atoms with Crippen LogP contribution in [0.2, 0.25) is 0 Å². The minimum atomic E-state index is -0.817. The molecule has 0 aliphatic rings. The molecule has 1 N–H and O–H groups in total. The van der Waals surface area contributed by atoms with Gasteiger partial charge in [-0.3, -0.25) is 0 Å². The summed E-state index contributed by atoms with van der Waals surface area (Å²) in [6.07, 6.45) is -0.817. The van der Waals surface area contributed by atoms with Crippen molar-refractivity contribution < 1.29 is 14.6 Å². The van der Waals surface area contributed by atoms with Crippen LogP contribution in [0.1, 0.15) is 22.8 Å². The van der Waals surface area contributed by atoms with Crippen molar-refractivity contribution in [3.05, 3.63) is 59.2 Å². The van der Waals surface area contributed by atoms with Crippen LogP contribution in [0.15, 0.2) is 42.5 Å². The fraction of sp³-hybridized carbons (Fsp3) is 0.188. The maximum Gasteiger partial charge on any atom is 0.161 e. The van der Waals surface area contributed by atoms with E-state index in [1.807, 2.05) is 0 Å². The normalized spacial score (nSPS) is 11.5. The zero-order chi connectivity index (χ0) is 14.5. The number of aliphatic hydroxyl groups is 1. The van der Waals surface area contributed by atoms with E-state index in [0.29, 0.717) is 28.2 Å². The molecule has 0 aliphatic heterocycles. The third kappa shape index (κ3) is 2.73. The molecule has 20 heavy (non-hydrogen) atoms. The lowest BCUT2D eigenvalue weighted by molar-refractivity contribution is 0.219. The summed E-state index contributed by atoms with van der Waals surface area (Å²) in [5, 5.41) is 19.3. The first-order valence-electron chi connectivity index (χ1n) is 6.09. The van der Waals surface area contributed by atoms with E-state index in [0.717, 1.165) is 0 Å². The van der Waals surface area contributed by atoms with Crippen molar-refractivity contribution in [2.75, 3.05) is 14.2 Å². The van der Waals surface area contributed by atoms with Gasteiger partial charge in [-0.15, -0.1) is 0 Å². The fourth-order valence-electron chi connectivity index (χ4n) is 1.99. The number of rotatable bonds is 4. The van der Waals surface area contributed by atoms with Crippen LogP contribution >= 0.6 is 0 Å². The van der Waals surface area contributed by atoms with E-state index < -0.39 is 6.10 Å². The Morgan fingerprint density at radius 1 is 1.00 bits per heavy atom. The van der Waals surface area contributed by atoms with Gasteiger partial charge in [0.05, 0.1) is 25.9 Å². The van der Waals surface area contributed by atoms with Crippen LogP contribution in [0.5, 0.6) is 11.5 Å². The number of benzene rings is 2. The molecule has 1 unspecified atom stereocenters. The predicted octanol–water partition coefficient (Wildman–Crippen LogP) is 2.66. The second kappa shape index (κ2) is 6.09. The summed E-state index contributed by atoms with van der Waals surface area (Å²) >= 11 is 0. The first-order chi connectivity index (χ1) is 9.69. The van der Waals surface area contributed by atoms with Crippen LogP contribution in [-0.2, 0) is 0 Å². The van der Waals surface area contributed by atoms with Gasteiger partial charge in [0.25, 0.3) is 0 Å². The summed E-state index contributed by atoms with van der Waals surface area (Å²) in [6.45, 7) is 0. The highest BCUT2D eigenvalue weighted by molar-refractivity contribution is 5.46. The van der Waals surface area contributed by atoms with Crippen LogP contribution in [0.25, 0.3) is 0 Å². The number of ether oxygens (including phenoxy) is 2. The standard InChI is InChI=1S/C16H15NO3/c1-19-14-7-6-13(9-15(14)20-2)16(18)12-5-3-4-11(8-12)10-17/h3-9,16,18H,1-2H3. The molecular weight excluding hydrogens is 254 g/mol. The molecule has 2 aromatic carbocycles. The summed E-state index contributed by atoms with van der Waals surface area (Å²) in [6, 6.07) is 14.2. The second-order valence-corrected chi connectivity index (χ2v) is 4.25. The average Bonchev–Trinajstić information content (AvgIpc) is 2.53. The number of hydrogen-bond donors (Lipinski definition) is 1. The molecule has 0 saturated heterocycles. The van der Waals surface area contributed by atoms with E-state index in [4.69, 9.17) is 14.7 Å². The summed E-state index contributed by atoms with van der Waals surface area (Å²) in [7, 11) is 3.11. The van der Waals surface area contributed by atoms with Gasteiger partial charge in [0.2, 0.25) is 0 Å². The SMILES string of the molecule is COc1ccc(C(O)c2cccc(C#N)c2)cc1OC. The van der Waals surface area contributed by atoms with Crippen LogP contribution in [0.3, 0.4) is 0 Å². The summed E-state index contributed by atoms with van der Waals surface area (Å²) in [5.74, 6) is 1.16. The molecular formula is C16H15NO3. The van der Waals surface area contributed by atoms with Crippen molar-refractivity contribution in [1.82, 2.24) is 0 Å². The van der Waals surface area contributed by atoms with E-state index in [1.165, 1.54) is 0 Å². The lowest BCUT2D eigenvalue weighted by atomic mass is 9.99. The zero-order valence-electron chi connectivity index (χ0n) is 11.3. The number of hydrogen-bond acceptors (Lipinski definition) is 4. The second-order valence-electron chi connectivity index (χ2n) is 4.25. The molecule has 1 atom stereocenters. The van der Waals surface area contributed by atoms with Gasteiger partial charge >= 0.3 is 0 Å². The lowest BCUT2D eigenvalue weighted by Crippen LogP contribution is -2.01. The third-order valence-corrected chi connectivity index (χ3v) is 3.05. The van der Waals surface area contributed by atoms with E-state index in [9.17, 15) is 5.11 Å². The smallest absolute Gasteiger partial charge is 0.161 e. The maximum atomic E-state index is 10.4.